The third-order valence-electron chi connectivity index (χ3n) is 2.65. The van der Waals surface area contributed by atoms with Gasteiger partial charge in [0.25, 0.3) is 0 Å². The van der Waals surface area contributed by atoms with Crippen LogP contribution in [0.15, 0.2) is 0 Å². The van der Waals surface area contributed by atoms with E-state index in [1.807, 2.05) is 4.90 Å². The Hall–Kier alpha value is -0.610. The Morgan fingerprint density at radius 1 is 1.69 bits per heavy atom. The van der Waals surface area contributed by atoms with E-state index in [1.54, 1.807) is 14.0 Å². The summed E-state index contributed by atoms with van der Waals surface area (Å²) in [6.07, 6.45) is 2.27. The van der Waals surface area contributed by atoms with E-state index < -0.39 is 12.0 Å². The molecule has 0 bridgehead atoms. The minimum absolute atomic E-state index is 0.204. The van der Waals surface area contributed by atoms with Crippen LogP contribution in [0.2, 0.25) is 0 Å². The van der Waals surface area contributed by atoms with Crippen LogP contribution in [-0.4, -0.2) is 48.3 Å². The molecular formula is C9H17NO3. The number of nitrogens with zero attached hydrogens (tertiary/aromatic N) is 1. The fourth-order valence-electron chi connectivity index (χ4n) is 1.67. The van der Waals surface area contributed by atoms with E-state index in [0.29, 0.717) is 0 Å². The summed E-state index contributed by atoms with van der Waals surface area (Å²) in [6.45, 7) is 3.33. The molecule has 1 aliphatic heterocycles. The van der Waals surface area contributed by atoms with Gasteiger partial charge in [-0.05, 0) is 26.3 Å². The van der Waals surface area contributed by atoms with Crippen LogP contribution < -0.4 is 0 Å². The van der Waals surface area contributed by atoms with Gasteiger partial charge in [0, 0.05) is 13.7 Å². The number of likely N-dealkylation sites (tertiary alicyclic amines) is 1. The van der Waals surface area contributed by atoms with E-state index in [2.05, 4.69) is 0 Å². The van der Waals surface area contributed by atoms with Gasteiger partial charge in [-0.2, -0.15) is 0 Å². The zero-order chi connectivity index (χ0) is 9.84. The maximum atomic E-state index is 10.7. The molecule has 0 aromatic heterocycles. The van der Waals surface area contributed by atoms with Gasteiger partial charge in [-0.15, -0.1) is 0 Å². The first-order valence-corrected chi connectivity index (χ1v) is 4.64. The lowest BCUT2D eigenvalue weighted by atomic mass is 10.1. The van der Waals surface area contributed by atoms with Gasteiger partial charge >= 0.3 is 5.97 Å². The van der Waals surface area contributed by atoms with E-state index in [9.17, 15) is 4.79 Å². The third-order valence-corrected chi connectivity index (χ3v) is 2.65. The van der Waals surface area contributed by atoms with Crippen molar-refractivity contribution in [2.75, 3.05) is 20.2 Å². The van der Waals surface area contributed by atoms with Gasteiger partial charge in [-0.25, -0.2) is 0 Å². The number of carbonyl (C=O) groups is 1. The average molecular weight is 187 g/mol. The van der Waals surface area contributed by atoms with Gasteiger partial charge in [0.05, 0.1) is 6.10 Å². The van der Waals surface area contributed by atoms with E-state index in [0.717, 1.165) is 25.9 Å². The molecule has 2 atom stereocenters. The molecule has 0 saturated carbocycles. The van der Waals surface area contributed by atoms with Crippen LogP contribution in [-0.2, 0) is 9.53 Å². The molecule has 0 unspecified atom stereocenters. The zero-order valence-electron chi connectivity index (χ0n) is 8.19. The van der Waals surface area contributed by atoms with Crippen molar-refractivity contribution in [1.82, 2.24) is 4.90 Å². The minimum Gasteiger partial charge on any atom is -0.480 e. The highest BCUT2D eigenvalue weighted by Gasteiger charge is 2.26. The van der Waals surface area contributed by atoms with Crippen molar-refractivity contribution in [3.8, 4) is 0 Å². The van der Waals surface area contributed by atoms with Crippen molar-refractivity contribution >= 4 is 5.97 Å². The second-order valence-corrected chi connectivity index (χ2v) is 3.51. The molecule has 4 heteroatoms. The first-order valence-electron chi connectivity index (χ1n) is 4.64. The highest BCUT2D eigenvalue weighted by molar-refractivity contribution is 5.72. The number of hydrogen-bond donors (Lipinski definition) is 1. The molecule has 1 N–H and O–H groups in total. The van der Waals surface area contributed by atoms with E-state index in [4.69, 9.17) is 9.84 Å². The maximum Gasteiger partial charge on any atom is 0.320 e. The molecule has 1 saturated heterocycles. The lowest BCUT2D eigenvalue weighted by molar-refractivity contribution is -0.143. The molecule has 1 rings (SSSR count). The standard InChI is InChI=1S/C9H17NO3/c1-7(9(11)12)10-5-3-4-8(6-10)13-2/h7-8H,3-6H2,1-2H3,(H,11,12)/t7-,8-/m0/s1. The highest BCUT2D eigenvalue weighted by atomic mass is 16.5. The van der Waals surface area contributed by atoms with Crippen LogP contribution in [0, 0.1) is 0 Å². The van der Waals surface area contributed by atoms with E-state index in [1.165, 1.54) is 0 Å². The minimum atomic E-state index is -0.753. The van der Waals surface area contributed by atoms with E-state index in [-0.39, 0.29) is 6.10 Å². The topological polar surface area (TPSA) is 49.8 Å². The van der Waals surface area contributed by atoms with Crippen LogP contribution in [0.4, 0.5) is 0 Å². The van der Waals surface area contributed by atoms with Crippen molar-refractivity contribution in [2.24, 2.45) is 0 Å². The quantitative estimate of drug-likeness (QED) is 0.701. The summed E-state index contributed by atoms with van der Waals surface area (Å²) < 4.78 is 5.22. The Bertz CT molecular complexity index is 184. The molecule has 0 aliphatic carbocycles. The molecule has 0 aromatic carbocycles. The fraction of sp³-hybridized carbons (Fsp3) is 0.889. The lowest BCUT2D eigenvalue weighted by Gasteiger charge is -2.34. The summed E-state index contributed by atoms with van der Waals surface area (Å²) in [6, 6.07) is -0.391. The zero-order valence-corrected chi connectivity index (χ0v) is 8.19. The fourth-order valence-corrected chi connectivity index (χ4v) is 1.67. The average Bonchev–Trinajstić information content (AvgIpc) is 2.16. The van der Waals surface area contributed by atoms with Gasteiger partial charge in [0.2, 0.25) is 0 Å². The van der Waals surface area contributed by atoms with Crippen LogP contribution in [0.3, 0.4) is 0 Å². The lowest BCUT2D eigenvalue weighted by Crippen LogP contribution is -2.47. The molecule has 4 nitrogen and oxygen atoms in total. The van der Waals surface area contributed by atoms with Gasteiger partial charge in [-0.1, -0.05) is 0 Å². The molecule has 0 amide bonds. The van der Waals surface area contributed by atoms with Crippen LogP contribution >= 0.6 is 0 Å². The molecule has 0 aromatic rings. The molecule has 1 fully saturated rings. The molecule has 13 heavy (non-hydrogen) atoms. The molecule has 76 valence electrons. The Morgan fingerprint density at radius 3 is 2.92 bits per heavy atom. The number of ether oxygens (including phenoxy) is 1. The first-order chi connectivity index (χ1) is 6.15. The number of carboxylic acid groups (broad SMARTS) is 1. The van der Waals surface area contributed by atoms with Gasteiger partial charge < -0.3 is 9.84 Å². The van der Waals surface area contributed by atoms with Crippen molar-refractivity contribution in [2.45, 2.75) is 31.9 Å². The smallest absolute Gasteiger partial charge is 0.320 e. The number of aliphatic carboxylic acids is 1. The van der Waals surface area contributed by atoms with Crippen molar-refractivity contribution < 1.29 is 14.6 Å². The SMILES string of the molecule is CO[C@H]1CCCN([C@@H](C)C(=O)O)C1. The maximum absolute atomic E-state index is 10.7. The Kier molecular flexibility index (Phi) is 3.69. The first kappa shape index (κ1) is 10.5. The normalized spacial score (nSPS) is 27.1. The Morgan fingerprint density at radius 2 is 2.38 bits per heavy atom. The molecule has 1 heterocycles. The molecule has 0 spiro atoms. The van der Waals surface area contributed by atoms with Crippen molar-refractivity contribution in [1.29, 1.82) is 0 Å². The number of carboxylic acids is 1. The third kappa shape index (κ3) is 2.67. The van der Waals surface area contributed by atoms with Gasteiger partial charge in [-0.3, -0.25) is 9.69 Å². The summed E-state index contributed by atoms with van der Waals surface area (Å²) in [5, 5.41) is 8.81. The number of rotatable bonds is 3. The molecule has 1 aliphatic rings. The molecular weight excluding hydrogens is 170 g/mol. The summed E-state index contributed by atoms with van der Waals surface area (Å²) in [4.78, 5) is 12.7. The van der Waals surface area contributed by atoms with Crippen molar-refractivity contribution in [3.63, 3.8) is 0 Å². The number of hydrogen-bond acceptors (Lipinski definition) is 3. The summed E-state index contributed by atoms with van der Waals surface area (Å²) in [5.74, 6) is -0.753. The van der Waals surface area contributed by atoms with Gasteiger partial charge in [0.15, 0.2) is 0 Å². The Balaban J connectivity index is 2.46. The van der Waals surface area contributed by atoms with E-state index >= 15 is 0 Å². The van der Waals surface area contributed by atoms with Crippen molar-refractivity contribution in [3.05, 3.63) is 0 Å². The van der Waals surface area contributed by atoms with Crippen LogP contribution in [0.5, 0.6) is 0 Å². The summed E-state index contributed by atoms with van der Waals surface area (Å²) >= 11 is 0. The molecule has 0 radical (unpaired) electrons. The second kappa shape index (κ2) is 4.58. The summed E-state index contributed by atoms with van der Waals surface area (Å²) in [7, 11) is 1.68. The Labute approximate surface area is 78.5 Å². The summed E-state index contributed by atoms with van der Waals surface area (Å²) in [5.41, 5.74) is 0. The predicted octanol–water partition coefficient (Wildman–Crippen LogP) is 0.570. The highest BCUT2D eigenvalue weighted by Crippen LogP contribution is 2.14. The monoisotopic (exact) mass is 187 g/mol. The predicted molar refractivity (Wildman–Crippen MR) is 48.7 cm³/mol. The van der Waals surface area contributed by atoms with Gasteiger partial charge in [0.1, 0.15) is 6.04 Å². The second-order valence-electron chi connectivity index (χ2n) is 3.51. The van der Waals surface area contributed by atoms with Crippen LogP contribution in [0.25, 0.3) is 0 Å². The number of piperidine rings is 1. The number of methoxy groups -OCH3 is 1. The van der Waals surface area contributed by atoms with Crippen LogP contribution in [0.1, 0.15) is 19.8 Å². The largest absolute Gasteiger partial charge is 0.480 e.